The number of carbonyl (C=O) groups excluding carboxylic acids is 2. The van der Waals surface area contributed by atoms with Crippen LogP contribution in [-0.2, 0) is 9.59 Å². The minimum atomic E-state index is -0.412. The number of hydrogen-bond donors (Lipinski definition) is 1. The first-order chi connectivity index (χ1) is 11.7. The average molecular weight is 348 g/mol. The van der Waals surface area contributed by atoms with Gasteiger partial charge in [0.1, 0.15) is 6.04 Å². The lowest BCUT2D eigenvalue weighted by Crippen LogP contribution is -2.50. The van der Waals surface area contributed by atoms with Crippen molar-refractivity contribution in [3.8, 4) is 0 Å². The molecule has 1 N–H and O–H groups in total. The van der Waals surface area contributed by atoms with E-state index in [1.54, 1.807) is 37.1 Å². The summed E-state index contributed by atoms with van der Waals surface area (Å²) in [7, 11) is 1.67. The fourth-order valence-electron chi connectivity index (χ4n) is 3.83. The molecule has 3 unspecified atom stereocenters. The van der Waals surface area contributed by atoms with Gasteiger partial charge in [0.05, 0.1) is 6.54 Å². The van der Waals surface area contributed by atoms with Gasteiger partial charge in [-0.1, -0.05) is 33.6 Å². The molecule has 1 fully saturated rings. The van der Waals surface area contributed by atoms with Gasteiger partial charge in [-0.3, -0.25) is 14.3 Å². The highest BCUT2D eigenvalue weighted by Gasteiger charge is 2.35. The van der Waals surface area contributed by atoms with Gasteiger partial charge < -0.3 is 10.2 Å². The van der Waals surface area contributed by atoms with E-state index in [-0.39, 0.29) is 29.8 Å². The molecule has 0 spiro atoms. The Morgan fingerprint density at radius 2 is 2.00 bits per heavy atom. The zero-order valence-electron chi connectivity index (χ0n) is 16.2. The first-order valence-corrected chi connectivity index (χ1v) is 9.23. The molecule has 2 amide bonds. The lowest BCUT2D eigenvalue weighted by molar-refractivity contribution is -0.137. The summed E-state index contributed by atoms with van der Waals surface area (Å²) in [6, 6.07) is 1.57. The Labute approximate surface area is 151 Å². The zero-order chi connectivity index (χ0) is 18.6. The third-order valence-electron chi connectivity index (χ3n) is 5.26. The maximum atomic E-state index is 12.5. The van der Waals surface area contributed by atoms with Crippen LogP contribution in [0.1, 0.15) is 59.4 Å². The van der Waals surface area contributed by atoms with Crippen molar-refractivity contribution >= 4 is 11.8 Å². The molecular formula is C19H32N4O2. The summed E-state index contributed by atoms with van der Waals surface area (Å²) in [4.78, 5) is 26.4. The molecule has 1 heterocycles. The van der Waals surface area contributed by atoms with Crippen molar-refractivity contribution in [1.82, 2.24) is 20.0 Å². The summed E-state index contributed by atoms with van der Waals surface area (Å²) in [6.45, 7) is 8.59. The fraction of sp³-hybridized carbons (Fsp3) is 0.737. The molecule has 6 heteroatoms. The van der Waals surface area contributed by atoms with Crippen LogP contribution >= 0.6 is 0 Å². The molecule has 0 bridgehead atoms. The van der Waals surface area contributed by atoms with Gasteiger partial charge >= 0.3 is 0 Å². The van der Waals surface area contributed by atoms with Gasteiger partial charge in [0.15, 0.2) is 0 Å². The van der Waals surface area contributed by atoms with Crippen molar-refractivity contribution in [1.29, 1.82) is 0 Å². The molecule has 0 radical (unpaired) electrons. The molecule has 2 rings (SSSR count). The highest BCUT2D eigenvalue weighted by molar-refractivity contribution is 5.86. The smallest absolute Gasteiger partial charge is 0.247 e. The van der Waals surface area contributed by atoms with Crippen LogP contribution in [0.15, 0.2) is 18.5 Å². The number of nitrogens with one attached hydrogen (secondary N) is 1. The monoisotopic (exact) mass is 348 g/mol. The van der Waals surface area contributed by atoms with Gasteiger partial charge in [-0.2, -0.15) is 5.10 Å². The molecule has 1 aliphatic carbocycles. The Bertz CT molecular complexity index is 577. The highest BCUT2D eigenvalue weighted by Crippen LogP contribution is 2.37. The van der Waals surface area contributed by atoms with Crippen LogP contribution in [0, 0.1) is 11.3 Å². The topological polar surface area (TPSA) is 67.2 Å². The van der Waals surface area contributed by atoms with E-state index in [2.05, 4.69) is 31.2 Å². The third-order valence-corrected chi connectivity index (χ3v) is 5.26. The summed E-state index contributed by atoms with van der Waals surface area (Å²) >= 11 is 0. The van der Waals surface area contributed by atoms with E-state index in [0.29, 0.717) is 5.92 Å². The quantitative estimate of drug-likeness (QED) is 0.889. The van der Waals surface area contributed by atoms with E-state index < -0.39 is 6.04 Å². The van der Waals surface area contributed by atoms with E-state index in [4.69, 9.17) is 0 Å². The molecule has 1 aromatic rings. The van der Waals surface area contributed by atoms with Crippen LogP contribution in [0.4, 0.5) is 0 Å². The van der Waals surface area contributed by atoms with Crippen molar-refractivity contribution in [3.63, 3.8) is 0 Å². The summed E-state index contributed by atoms with van der Waals surface area (Å²) in [5.74, 6) is 0.286. The highest BCUT2D eigenvalue weighted by atomic mass is 16.2. The lowest BCUT2D eigenvalue weighted by atomic mass is 9.69. The van der Waals surface area contributed by atoms with Crippen LogP contribution < -0.4 is 5.32 Å². The standard InChI is InChI=1S/C19H32N4O2/c1-14(23-12-8-11-20-23)18(25)22(5)13-17(24)21-16-10-7-6-9-15(16)19(2,3)4/h8,11-12,14-16H,6-7,9-10,13H2,1-5H3,(H,21,24). The number of amides is 2. The Kier molecular flexibility index (Phi) is 6.25. The first-order valence-electron chi connectivity index (χ1n) is 9.23. The van der Waals surface area contributed by atoms with E-state index in [9.17, 15) is 9.59 Å². The Balaban J connectivity index is 1.91. The Hall–Kier alpha value is -1.85. The van der Waals surface area contributed by atoms with Crippen LogP contribution in [0.3, 0.4) is 0 Å². The second-order valence-electron chi connectivity index (χ2n) is 8.29. The molecule has 6 nitrogen and oxygen atoms in total. The second kappa shape index (κ2) is 8.02. The van der Waals surface area contributed by atoms with Crippen molar-refractivity contribution < 1.29 is 9.59 Å². The summed E-state index contributed by atoms with van der Waals surface area (Å²) in [6.07, 6.45) is 7.96. The summed E-state index contributed by atoms with van der Waals surface area (Å²) < 4.78 is 1.60. The Morgan fingerprint density at radius 1 is 1.32 bits per heavy atom. The molecule has 140 valence electrons. The van der Waals surface area contributed by atoms with E-state index in [1.807, 2.05) is 0 Å². The summed E-state index contributed by atoms with van der Waals surface area (Å²) in [5.41, 5.74) is 0.175. The van der Waals surface area contributed by atoms with Crippen molar-refractivity contribution in [2.24, 2.45) is 11.3 Å². The molecule has 0 aromatic carbocycles. The van der Waals surface area contributed by atoms with Crippen molar-refractivity contribution in [2.45, 2.75) is 65.5 Å². The van der Waals surface area contributed by atoms with Gasteiger partial charge in [-0.05, 0) is 37.2 Å². The SMILES string of the molecule is CC(C(=O)N(C)CC(=O)NC1CCCCC1C(C)(C)C)n1cccn1. The summed E-state index contributed by atoms with van der Waals surface area (Å²) in [5, 5.41) is 7.28. The second-order valence-corrected chi connectivity index (χ2v) is 8.29. The maximum Gasteiger partial charge on any atom is 0.247 e. The number of rotatable bonds is 5. The first kappa shape index (κ1) is 19.5. The molecule has 1 aromatic heterocycles. The van der Waals surface area contributed by atoms with Gasteiger partial charge in [-0.25, -0.2) is 0 Å². The zero-order valence-corrected chi connectivity index (χ0v) is 16.2. The number of nitrogens with zero attached hydrogens (tertiary/aromatic N) is 3. The van der Waals surface area contributed by atoms with Crippen LogP contribution in [0.2, 0.25) is 0 Å². The molecule has 1 aliphatic rings. The molecule has 1 saturated carbocycles. The van der Waals surface area contributed by atoms with Gasteiger partial charge in [0.25, 0.3) is 0 Å². The molecular weight excluding hydrogens is 316 g/mol. The largest absolute Gasteiger partial charge is 0.352 e. The predicted molar refractivity (Wildman–Crippen MR) is 97.9 cm³/mol. The third kappa shape index (κ3) is 5.06. The Morgan fingerprint density at radius 3 is 2.60 bits per heavy atom. The average Bonchev–Trinajstić information content (AvgIpc) is 3.07. The van der Waals surface area contributed by atoms with Crippen molar-refractivity contribution in [3.05, 3.63) is 18.5 Å². The fourth-order valence-corrected chi connectivity index (χ4v) is 3.83. The predicted octanol–water partition coefficient (Wildman–Crippen LogP) is 2.62. The number of aromatic nitrogens is 2. The number of hydrogen-bond acceptors (Lipinski definition) is 3. The van der Waals surface area contributed by atoms with Gasteiger partial charge in [-0.15, -0.1) is 0 Å². The van der Waals surface area contributed by atoms with E-state index >= 15 is 0 Å². The maximum absolute atomic E-state index is 12.5. The van der Waals surface area contributed by atoms with Crippen LogP contribution in [0.25, 0.3) is 0 Å². The minimum Gasteiger partial charge on any atom is -0.352 e. The normalized spacial score (nSPS) is 22.3. The molecule has 0 aliphatic heterocycles. The van der Waals surface area contributed by atoms with E-state index in [0.717, 1.165) is 19.3 Å². The molecule has 3 atom stereocenters. The van der Waals surface area contributed by atoms with Crippen LogP contribution in [0.5, 0.6) is 0 Å². The van der Waals surface area contributed by atoms with E-state index in [1.165, 1.54) is 11.3 Å². The lowest BCUT2D eigenvalue weighted by Gasteiger charge is -2.41. The van der Waals surface area contributed by atoms with Crippen LogP contribution in [-0.4, -0.2) is 46.1 Å². The minimum absolute atomic E-state index is 0.0790. The van der Waals surface area contributed by atoms with Gasteiger partial charge in [0, 0.05) is 25.5 Å². The van der Waals surface area contributed by atoms with Gasteiger partial charge in [0.2, 0.25) is 11.8 Å². The molecule has 25 heavy (non-hydrogen) atoms. The number of likely N-dealkylation sites (N-methyl/N-ethyl adjacent to an activating group) is 1. The van der Waals surface area contributed by atoms with Crippen molar-refractivity contribution in [2.75, 3.05) is 13.6 Å². The number of carbonyl (C=O) groups is 2. The molecule has 0 saturated heterocycles.